The van der Waals surface area contributed by atoms with Gasteiger partial charge in [0.2, 0.25) is 5.91 Å². The van der Waals surface area contributed by atoms with Gasteiger partial charge in [0.1, 0.15) is 5.01 Å². The summed E-state index contributed by atoms with van der Waals surface area (Å²) in [6.07, 6.45) is 0.160. The number of thiazole rings is 1. The fourth-order valence-corrected chi connectivity index (χ4v) is 3.53. The third-order valence-electron chi connectivity index (χ3n) is 4.58. The van der Waals surface area contributed by atoms with Crippen molar-refractivity contribution in [3.05, 3.63) is 76.3 Å². The quantitative estimate of drug-likeness (QED) is 0.607. The van der Waals surface area contributed by atoms with Crippen LogP contribution in [0.25, 0.3) is 10.6 Å². The standard InChI is InChI=1S/C21H20F2N2OS/c1-13-4-6-15(7-5-13)21-24-17(12-27-21)11-20(26)25(3)14(2)16-8-9-18(22)19(23)10-16/h4-10,12,14H,11H2,1-3H3. The lowest BCUT2D eigenvalue weighted by atomic mass is 10.1. The average Bonchev–Trinajstić information content (AvgIpc) is 3.11. The van der Waals surface area contributed by atoms with Gasteiger partial charge in [-0.15, -0.1) is 11.3 Å². The molecule has 0 spiro atoms. The topological polar surface area (TPSA) is 33.2 Å². The summed E-state index contributed by atoms with van der Waals surface area (Å²) in [5.41, 5.74) is 3.44. The van der Waals surface area contributed by atoms with E-state index in [4.69, 9.17) is 0 Å². The number of aryl methyl sites for hydroxylation is 1. The predicted molar refractivity (Wildman–Crippen MR) is 104 cm³/mol. The fraction of sp³-hybridized carbons (Fsp3) is 0.238. The Morgan fingerprint density at radius 1 is 1.15 bits per heavy atom. The molecular weight excluding hydrogens is 366 g/mol. The van der Waals surface area contributed by atoms with Gasteiger partial charge >= 0.3 is 0 Å². The smallest absolute Gasteiger partial charge is 0.228 e. The van der Waals surface area contributed by atoms with Gasteiger partial charge in [-0.2, -0.15) is 0 Å². The lowest BCUT2D eigenvalue weighted by molar-refractivity contribution is -0.131. The number of hydrogen-bond donors (Lipinski definition) is 0. The lowest BCUT2D eigenvalue weighted by Crippen LogP contribution is -2.31. The van der Waals surface area contributed by atoms with Crippen molar-refractivity contribution in [3.8, 4) is 10.6 Å². The molecule has 2 aromatic carbocycles. The normalized spacial score (nSPS) is 12.0. The highest BCUT2D eigenvalue weighted by Gasteiger charge is 2.20. The zero-order valence-corrected chi connectivity index (χ0v) is 16.2. The Hall–Kier alpha value is -2.60. The van der Waals surface area contributed by atoms with Crippen LogP contribution in [0.5, 0.6) is 0 Å². The minimum Gasteiger partial charge on any atom is -0.339 e. The average molecular weight is 386 g/mol. The number of carbonyl (C=O) groups is 1. The number of benzene rings is 2. The number of halogens is 2. The van der Waals surface area contributed by atoms with Gasteiger partial charge in [-0.05, 0) is 31.5 Å². The summed E-state index contributed by atoms with van der Waals surface area (Å²) in [7, 11) is 1.65. The lowest BCUT2D eigenvalue weighted by Gasteiger charge is -2.25. The van der Waals surface area contributed by atoms with Gasteiger partial charge in [-0.25, -0.2) is 13.8 Å². The molecule has 140 valence electrons. The molecule has 0 fully saturated rings. The van der Waals surface area contributed by atoms with E-state index in [0.717, 1.165) is 22.7 Å². The molecule has 0 aliphatic carbocycles. The first-order chi connectivity index (χ1) is 12.8. The summed E-state index contributed by atoms with van der Waals surface area (Å²) < 4.78 is 26.6. The second kappa shape index (κ2) is 7.96. The Kier molecular flexibility index (Phi) is 5.65. The maximum absolute atomic E-state index is 13.5. The number of carbonyl (C=O) groups excluding carboxylic acids is 1. The Labute approximate surface area is 161 Å². The van der Waals surface area contributed by atoms with Crippen LogP contribution >= 0.6 is 11.3 Å². The number of amides is 1. The van der Waals surface area contributed by atoms with Crippen LogP contribution in [0.15, 0.2) is 47.8 Å². The van der Waals surface area contributed by atoms with E-state index in [2.05, 4.69) is 4.98 Å². The third kappa shape index (κ3) is 4.39. The van der Waals surface area contributed by atoms with Crippen molar-refractivity contribution in [1.82, 2.24) is 9.88 Å². The van der Waals surface area contributed by atoms with Crippen LogP contribution in [0.2, 0.25) is 0 Å². The number of nitrogens with zero attached hydrogens (tertiary/aromatic N) is 2. The molecule has 1 heterocycles. The van der Waals surface area contributed by atoms with E-state index in [9.17, 15) is 13.6 Å². The molecule has 1 aromatic heterocycles. The number of hydrogen-bond acceptors (Lipinski definition) is 3. The number of aromatic nitrogens is 1. The number of rotatable bonds is 5. The van der Waals surface area contributed by atoms with Crippen molar-refractivity contribution in [2.45, 2.75) is 26.3 Å². The SMILES string of the molecule is Cc1ccc(-c2nc(CC(=O)N(C)C(C)c3ccc(F)c(F)c3)cs2)cc1. The number of likely N-dealkylation sites (N-methyl/N-ethyl adjacent to an activating group) is 1. The van der Waals surface area contributed by atoms with Gasteiger partial charge in [0.25, 0.3) is 0 Å². The van der Waals surface area contributed by atoms with Gasteiger partial charge in [0, 0.05) is 18.0 Å². The molecule has 0 N–H and O–H groups in total. The molecule has 6 heteroatoms. The van der Waals surface area contributed by atoms with Crippen LogP contribution in [0, 0.1) is 18.6 Å². The van der Waals surface area contributed by atoms with E-state index in [1.807, 2.05) is 36.6 Å². The van der Waals surface area contributed by atoms with Crippen LogP contribution in [0.1, 0.15) is 29.8 Å². The van der Waals surface area contributed by atoms with Gasteiger partial charge in [0.15, 0.2) is 11.6 Å². The van der Waals surface area contributed by atoms with Crippen molar-refractivity contribution in [2.24, 2.45) is 0 Å². The zero-order valence-electron chi connectivity index (χ0n) is 15.4. The summed E-state index contributed by atoms with van der Waals surface area (Å²) >= 11 is 1.50. The van der Waals surface area contributed by atoms with Crippen LogP contribution in [0.3, 0.4) is 0 Å². The van der Waals surface area contributed by atoms with E-state index in [1.165, 1.54) is 27.9 Å². The van der Waals surface area contributed by atoms with E-state index in [1.54, 1.807) is 14.0 Å². The molecule has 3 aromatic rings. The Bertz CT molecular complexity index is 953. The Morgan fingerprint density at radius 2 is 1.85 bits per heavy atom. The summed E-state index contributed by atoms with van der Waals surface area (Å²) in [5.74, 6) is -1.94. The van der Waals surface area contributed by atoms with Crippen LogP contribution < -0.4 is 0 Å². The minimum atomic E-state index is -0.914. The van der Waals surface area contributed by atoms with Crippen molar-refractivity contribution >= 4 is 17.2 Å². The molecule has 0 bridgehead atoms. The van der Waals surface area contributed by atoms with Crippen molar-refractivity contribution < 1.29 is 13.6 Å². The Morgan fingerprint density at radius 3 is 2.52 bits per heavy atom. The third-order valence-corrected chi connectivity index (χ3v) is 5.52. The van der Waals surface area contributed by atoms with Crippen molar-refractivity contribution in [1.29, 1.82) is 0 Å². The molecule has 27 heavy (non-hydrogen) atoms. The molecule has 3 nitrogen and oxygen atoms in total. The molecule has 3 rings (SSSR count). The maximum atomic E-state index is 13.5. The van der Waals surface area contributed by atoms with Gasteiger partial charge in [0.05, 0.1) is 18.2 Å². The van der Waals surface area contributed by atoms with Crippen LogP contribution in [0.4, 0.5) is 8.78 Å². The second-order valence-corrected chi connectivity index (χ2v) is 7.40. The summed E-state index contributed by atoms with van der Waals surface area (Å²) in [6.45, 7) is 3.81. The maximum Gasteiger partial charge on any atom is 0.228 e. The van der Waals surface area contributed by atoms with E-state index in [0.29, 0.717) is 11.3 Å². The van der Waals surface area contributed by atoms with E-state index < -0.39 is 11.6 Å². The first-order valence-corrected chi connectivity index (χ1v) is 9.45. The predicted octanol–water partition coefficient (Wildman–Crippen LogP) is 5.16. The fourth-order valence-electron chi connectivity index (χ4n) is 2.71. The minimum absolute atomic E-state index is 0.131. The zero-order chi connectivity index (χ0) is 19.6. The molecule has 1 amide bonds. The van der Waals surface area contributed by atoms with E-state index in [-0.39, 0.29) is 18.4 Å². The first-order valence-electron chi connectivity index (χ1n) is 8.57. The van der Waals surface area contributed by atoms with Gasteiger partial charge in [-0.3, -0.25) is 4.79 Å². The monoisotopic (exact) mass is 386 g/mol. The molecule has 0 saturated carbocycles. The second-order valence-electron chi connectivity index (χ2n) is 6.54. The molecule has 0 aliphatic rings. The molecule has 0 aliphatic heterocycles. The first kappa shape index (κ1) is 19.2. The molecule has 1 atom stereocenters. The van der Waals surface area contributed by atoms with Crippen molar-refractivity contribution in [3.63, 3.8) is 0 Å². The highest BCUT2D eigenvalue weighted by atomic mass is 32.1. The van der Waals surface area contributed by atoms with E-state index >= 15 is 0 Å². The molecule has 1 unspecified atom stereocenters. The van der Waals surface area contributed by atoms with Crippen LogP contribution in [-0.4, -0.2) is 22.8 Å². The summed E-state index contributed by atoms with van der Waals surface area (Å²) in [4.78, 5) is 18.7. The molecular formula is C21H20F2N2OS. The molecule has 0 radical (unpaired) electrons. The highest BCUT2D eigenvalue weighted by Crippen LogP contribution is 2.25. The van der Waals surface area contributed by atoms with Gasteiger partial charge < -0.3 is 4.90 Å². The highest BCUT2D eigenvalue weighted by molar-refractivity contribution is 7.13. The van der Waals surface area contributed by atoms with Crippen LogP contribution in [-0.2, 0) is 11.2 Å². The Balaban J connectivity index is 1.69. The van der Waals surface area contributed by atoms with Crippen molar-refractivity contribution in [2.75, 3.05) is 7.05 Å². The summed E-state index contributed by atoms with van der Waals surface area (Å²) in [6, 6.07) is 11.4. The summed E-state index contributed by atoms with van der Waals surface area (Å²) in [5, 5.41) is 2.75. The van der Waals surface area contributed by atoms with Gasteiger partial charge in [-0.1, -0.05) is 35.9 Å². The molecule has 0 saturated heterocycles. The largest absolute Gasteiger partial charge is 0.339 e.